The van der Waals surface area contributed by atoms with Crippen LogP contribution in [0.2, 0.25) is 0 Å². The molecule has 1 aliphatic heterocycles. The minimum absolute atomic E-state index is 0.0891. The van der Waals surface area contributed by atoms with E-state index >= 15 is 0 Å². The smallest absolute Gasteiger partial charge is 0.253 e. The highest BCUT2D eigenvalue weighted by molar-refractivity contribution is 8.00. The summed E-state index contributed by atoms with van der Waals surface area (Å²) in [6.07, 6.45) is 1.67. The van der Waals surface area contributed by atoms with Crippen molar-refractivity contribution >= 4 is 46.5 Å². The lowest BCUT2D eigenvalue weighted by molar-refractivity contribution is 0.0746. The number of anilines is 2. The maximum Gasteiger partial charge on any atom is 0.253 e. The molecular formula is C35H33N3O3S. The lowest BCUT2D eigenvalue weighted by atomic mass is 10.1. The van der Waals surface area contributed by atoms with Crippen molar-refractivity contribution in [1.82, 2.24) is 4.90 Å². The number of piperazine rings is 1. The molecule has 7 heteroatoms. The van der Waals surface area contributed by atoms with Crippen LogP contribution in [0.15, 0.2) is 112 Å². The standard InChI is InChI=1S/C35H33N3O3S/c1-26-30-24-29(16-17-33(30)41-34(26)25-39)42-38(19-18-27-10-4-2-5-11-27)32-15-9-8-14-31(32)36-20-22-37(23-21-36)35(40)28-12-6-3-7-13-28/h2-17,24-25H,18-23H2,1H3. The Labute approximate surface area is 250 Å². The van der Waals surface area contributed by atoms with Crippen molar-refractivity contribution in [2.45, 2.75) is 18.2 Å². The maximum atomic E-state index is 13.0. The van der Waals surface area contributed by atoms with Gasteiger partial charge < -0.3 is 18.5 Å². The van der Waals surface area contributed by atoms with E-state index in [-0.39, 0.29) is 5.91 Å². The Morgan fingerprint density at radius 3 is 2.31 bits per heavy atom. The first-order chi connectivity index (χ1) is 20.6. The second-order valence-corrected chi connectivity index (χ2v) is 11.5. The van der Waals surface area contributed by atoms with Crippen LogP contribution in [0, 0.1) is 6.92 Å². The summed E-state index contributed by atoms with van der Waals surface area (Å²) in [6.45, 7) is 5.61. The van der Waals surface area contributed by atoms with Crippen molar-refractivity contribution in [3.63, 3.8) is 0 Å². The molecule has 1 aromatic heterocycles. The number of nitrogens with zero attached hydrogens (tertiary/aromatic N) is 3. The van der Waals surface area contributed by atoms with Crippen LogP contribution in [0.5, 0.6) is 0 Å². The van der Waals surface area contributed by atoms with Crippen LogP contribution in [-0.2, 0) is 6.42 Å². The van der Waals surface area contributed by atoms with Gasteiger partial charge >= 0.3 is 0 Å². The molecule has 5 aromatic rings. The van der Waals surface area contributed by atoms with Gasteiger partial charge in [0.2, 0.25) is 0 Å². The van der Waals surface area contributed by atoms with Crippen LogP contribution < -0.4 is 9.21 Å². The molecule has 0 aliphatic carbocycles. The minimum Gasteiger partial charge on any atom is -0.453 e. The highest BCUT2D eigenvalue weighted by Gasteiger charge is 2.25. The number of hydrogen-bond donors (Lipinski definition) is 0. The van der Waals surface area contributed by atoms with E-state index in [9.17, 15) is 9.59 Å². The molecule has 212 valence electrons. The number of aldehydes is 1. The van der Waals surface area contributed by atoms with Gasteiger partial charge in [0.25, 0.3) is 5.91 Å². The Balaban J connectivity index is 1.26. The van der Waals surface area contributed by atoms with Crippen LogP contribution in [0.3, 0.4) is 0 Å². The lowest BCUT2D eigenvalue weighted by Gasteiger charge is -2.38. The SMILES string of the molecule is Cc1c(C=O)oc2ccc(SN(CCc3ccccc3)c3ccccc3N3CCN(C(=O)c4ccccc4)CC3)cc12. The Hall–Kier alpha value is -4.49. The first kappa shape index (κ1) is 27.7. The Morgan fingerprint density at radius 2 is 1.57 bits per heavy atom. The van der Waals surface area contributed by atoms with Crippen molar-refractivity contribution in [3.05, 3.63) is 126 Å². The Bertz CT molecular complexity index is 1680. The molecule has 0 saturated carbocycles. The normalized spacial score (nSPS) is 13.4. The molecule has 0 radical (unpaired) electrons. The second kappa shape index (κ2) is 12.6. The summed E-state index contributed by atoms with van der Waals surface area (Å²) in [5.41, 5.74) is 5.90. The fourth-order valence-electron chi connectivity index (χ4n) is 5.46. The van der Waals surface area contributed by atoms with Gasteiger partial charge in [-0.25, -0.2) is 0 Å². The zero-order chi connectivity index (χ0) is 28.9. The molecule has 0 N–H and O–H groups in total. The van der Waals surface area contributed by atoms with Crippen LogP contribution >= 0.6 is 11.9 Å². The average Bonchev–Trinajstić information content (AvgIpc) is 3.38. The molecule has 4 aromatic carbocycles. The van der Waals surface area contributed by atoms with Crippen LogP contribution in [0.25, 0.3) is 11.0 Å². The van der Waals surface area contributed by atoms with E-state index in [2.05, 4.69) is 69.9 Å². The molecule has 1 fully saturated rings. The number of amides is 1. The third-order valence-corrected chi connectivity index (χ3v) is 8.86. The van der Waals surface area contributed by atoms with E-state index < -0.39 is 0 Å². The number of furan rings is 1. The molecule has 2 heterocycles. The van der Waals surface area contributed by atoms with E-state index in [0.29, 0.717) is 18.8 Å². The van der Waals surface area contributed by atoms with E-state index in [1.54, 1.807) is 11.9 Å². The summed E-state index contributed by atoms with van der Waals surface area (Å²) in [5, 5.41) is 0.956. The van der Waals surface area contributed by atoms with Crippen molar-refractivity contribution in [2.24, 2.45) is 0 Å². The lowest BCUT2D eigenvalue weighted by Crippen LogP contribution is -2.49. The van der Waals surface area contributed by atoms with Gasteiger partial charge in [-0.3, -0.25) is 9.59 Å². The maximum absolute atomic E-state index is 13.0. The summed E-state index contributed by atoms with van der Waals surface area (Å²) >= 11 is 1.69. The monoisotopic (exact) mass is 575 g/mol. The van der Waals surface area contributed by atoms with Gasteiger partial charge in [0.15, 0.2) is 12.0 Å². The zero-order valence-electron chi connectivity index (χ0n) is 23.6. The highest BCUT2D eigenvalue weighted by atomic mass is 32.2. The van der Waals surface area contributed by atoms with E-state index in [0.717, 1.165) is 70.7 Å². The van der Waals surface area contributed by atoms with Crippen molar-refractivity contribution < 1.29 is 14.0 Å². The van der Waals surface area contributed by atoms with Crippen molar-refractivity contribution in [1.29, 1.82) is 0 Å². The Morgan fingerprint density at radius 1 is 0.881 bits per heavy atom. The van der Waals surface area contributed by atoms with E-state index in [4.69, 9.17) is 4.42 Å². The molecule has 0 unspecified atom stereocenters. The highest BCUT2D eigenvalue weighted by Crippen LogP contribution is 2.38. The van der Waals surface area contributed by atoms with Gasteiger partial charge in [-0.15, -0.1) is 0 Å². The third-order valence-electron chi connectivity index (χ3n) is 7.79. The summed E-state index contributed by atoms with van der Waals surface area (Å²) in [7, 11) is 0. The van der Waals surface area contributed by atoms with Gasteiger partial charge in [0, 0.05) is 54.1 Å². The predicted molar refractivity (Wildman–Crippen MR) is 171 cm³/mol. The number of fused-ring (bicyclic) bond motifs is 1. The summed E-state index contributed by atoms with van der Waals surface area (Å²) < 4.78 is 8.09. The third kappa shape index (κ3) is 5.92. The quantitative estimate of drug-likeness (QED) is 0.136. The van der Waals surface area contributed by atoms with Crippen molar-refractivity contribution in [3.8, 4) is 0 Å². The summed E-state index contributed by atoms with van der Waals surface area (Å²) in [6, 6.07) is 34.7. The van der Waals surface area contributed by atoms with E-state index in [1.807, 2.05) is 54.3 Å². The number of hydrogen-bond acceptors (Lipinski definition) is 6. The molecule has 6 rings (SSSR count). The molecule has 1 aliphatic rings. The molecule has 42 heavy (non-hydrogen) atoms. The first-order valence-corrected chi connectivity index (χ1v) is 15.0. The van der Waals surface area contributed by atoms with Crippen molar-refractivity contribution in [2.75, 3.05) is 41.9 Å². The molecule has 0 atom stereocenters. The topological polar surface area (TPSA) is 57.0 Å². The fraction of sp³-hybridized carbons (Fsp3) is 0.200. The number of carbonyl (C=O) groups excluding carboxylic acids is 2. The van der Waals surface area contributed by atoms with Gasteiger partial charge in [-0.2, -0.15) is 0 Å². The zero-order valence-corrected chi connectivity index (χ0v) is 24.4. The molecular weight excluding hydrogens is 542 g/mol. The molecule has 0 bridgehead atoms. The van der Waals surface area contributed by atoms with Crippen LogP contribution in [0.1, 0.15) is 32.0 Å². The molecule has 6 nitrogen and oxygen atoms in total. The number of carbonyl (C=O) groups is 2. The largest absolute Gasteiger partial charge is 0.453 e. The Kier molecular flexibility index (Phi) is 8.28. The number of rotatable bonds is 9. The number of benzene rings is 4. The summed E-state index contributed by atoms with van der Waals surface area (Å²) in [4.78, 5) is 29.9. The summed E-state index contributed by atoms with van der Waals surface area (Å²) in [5.74, 6) is 0.467. The molecule has 0 spiro atoms. The second-order valence-electron chi connectivity index (χ2n) is 10.4. The van der Waals surface area contributed by atoms with Gasteiger partial charge in [0.1, 0.15) is 5.58 Å². The average molecular weight is 576 g/mol. The first-order valence-electron chi connectivity index (χ1n) is 14.3. The number of aryl methyl sites for hydroxylation is 1. The molecule has 1 saturated heterocycles. The number of para-hydroxylation sites is 2. The van der Waals surface area contributed by atoms with Crippen LogP contribution in [-0.4, -0.2) is 49.8 Å². The minimum atomic E-state index is 0.0891. The van der Waals surface area contributed by atoms with Gasteiger partial charge in [-0.1, -0.05) is 60.7 Å². The predicted octanol–water partition coefficient (Wildman–Crippen LogP) is 7.27. The van der Waals surface area contributed by atoms with Crippen LogP contribution in [0.4, 0.5) is 11.4 Å². The van der Waals surface area contributed by atoms with Gasteiger partial charge in [-0.05, 0) is 73.3 Å². The fourth-order valence-corrected chi connectivity index (χ4v) is 6.45. The van der Waals surface area contributed by atoms with E-state index in [1.165, 1.54) is 5.56 Å². The van der Waals surface area contributed by atoms with Gasteiger partial charge in [0.05, 0.1) is 11.4 Å². The molecule has 1 amide bonds.